The smallest absolute Gasteiger partial charge is 0.269 e. The highest BCUT2D eigenvalue weighted by Gasteiger charge is 2.27. The Bertz CT molecular complexity index is 1270. The molecular formula is C23H26FN7O3. The zero-order chi connectivity index (χ0) is 23.7. The van der Waals surface area contributed by atoms with Crippen LogP contribution in [0.15, 0.2) is 35.4 Å². The lowest BCUT2D eigenvalue weighted by Gasteiger charge is -2.33. The highest BCUT2D eigenvalue weighted by molar-refractivity contribution is 5.94. The lowest BCUT2D eigenvalue weighted by molar-refractivity contribution is -0.118. The van der Waals surface area contributed by atoms with Crippen LogP contribution < -0.4 is 26.7 Å². The maximum Gasteiger partial charge on any atom is 0.269 e. The number of nitrogens with one attached hydrogen (secondary N) is 2. The van der Waals surface area contributed by atoms with Gasteiger partial charge in [0.1, 0.15) is 11.6 Å². The molecule has 1 aliphatic carbocycles. The SMILES string of the molecule is N[C@@H](Cn1c(=O)cnc2ccc(F)cc21)C1CCC(NCc2ncc3c(n2)NC(=O)CO3)CC1. The number of nitrogens with zero attached hydrogens (tertiary/aromatic N) is 4. The lowest BCUT2D eigenvalue weighted by Crippen LogP contribution is -2.42. The van der Waals surface area contributed by atoms with Crippen LogP contribution in [0.2, 0.25) is 0 Å². The molecule has 34 heavy (non-hydrogen) atoms. The maximum absolute atomic E-state index is 13.8. The molecule has 10 nitrogen and oxygen atoms in total. The van der Waals surface area contributed by atoms with Gasteiger partial charge in [0.05, 0.1) is 30.0 Å². The molecule has 0 spiro atoms. The summed E-state index contributed by atoms with van der Waals surface area (Å²) >= 11 is 0. The minimum absolute atomic E-state index is 0.0256. The van der Waals surface area contributed by atoms with Crippen molar-refractivity contribution in [3.63, 3.8) is 0 Å². The normalized spacial score (nSPS) is 20.9. The number of aromatic nitrogens is 4. The molecule has 0 bridgehead atoms. The number of hydrogen-bond acceptors (Lipinski definition) is 8. The number of benzene rings is 1. The minimum Gasteiger partial charge on any atom is -0.478 e. The van der Waals surface area contributed by atoms with E-state index in [1.54, 1.807) is 12.3 Å². The highest BCUT2D eigenvalue weighted by atomic mass is 19.1. The number of hydrogen-bond donors (Lipinski definition) is 3. The Kier molecular flexibility index (Phi) is 6.20. The summed E-state index contributed by atoms with van der Waals surface area (Å²) in [6.45, 7) is 0.775. The van der Waals surface area contributed by atoms with E-state index in [9.17, 15) is 14.0 Å². The van der Waals surface area contributed by atoms with E-state index in [0.717, 1.165) is 25.7 Å². The Balaban J connectivity index is 1.16. The van der Waals surface area contributed by atoms with Gasteiger partial charge < -0.3 is 25.7 Å². The van der Waals surface area contributed by atoms with E-state index >= 15 is 0 Å². The van der Waals surface area contributed by atoms with Crippen LogP contribution in [0.4, 0.5) is 10.2 Å². The van der Waals surface area contributed by atoms with Crippen molar-refractivity contribution in [2.75, 3.05) is 11.9 Å². The van der Waals surface area contributed by atoms with Gasteiger partial charge in [-0.05, 0) is 49.8 Å². The molecule has 1 saturated carbocycles. The second kappa shape index (κ2) is 9.43. The number of amides is 1. The fourth-order valence-electron chi connectivity index (χ4n) is 4.67. The largest absolute Gasteiger partial charge is 0.478 e. The first-order valence-electron chi connectivity index (χ1n) is 11.4. The summed E-state index contributed by atoms with van der Waals surface area (Å²) in [4.78, 5) is 36.7. The van der Waals surface area contributed by atoms with Crippen molar-refractivity contribution in [2.24, 2.45) is 11.7 Å². The molecule has 2 aromatic heterocycles. The summed E-state index contributed by atoms with van der Waals surface area (Å²) in [6.07, 6.45) is 6.53. The molecule has 3 aromatic rings. The van der Waals surface area contributed by atoms with E-state index in [2.05, 4.69) is 25.6 Å². The van der Waals surface area contributed by atoms with Crippen molar-refractivity contribution >= 4 is 22.8 Å². The van der Waals surface area contributed by atoms with Gasteiger partial charge in [0, 0.05) is 18.6 Å². The average molecular weight is 468 g/mol. The number of carbonyl (C=O) groups excluding carboxylic acids is 1. The molecule has 1 fully saturated rings. The second-order valence-electron chi connectivity index (χ2n) is 8.83. The molecule has 0 radical (unpaired) electrons. The molecule has 4 N–H and O–H groups in total. The van der Waals surface area contributed by atoms with Gasteiger partial charge in [-0.3, -0.25) is 9.59 Å². The number of halogens is 1. The molecule has 0 saturated heterocycles. The lowest BCUT2D eigenvalue weighted by atomic mass is 9.81. The van der Waals surface area contributed by atoms with Crippen LogP contribution in [0, 0.1) is 11.7 Å². The zero-order valence-corrected chi connectivity index (χ0v) is 18.5. The van der Waals surface area contributed by atoms with Gasteiger partial charge in [-0.1, -0.05) is 0 Å². The number of anilines is 1. The topological polar surface area (TPSA) is 137 Å². The Morgan fingerprint density at radius 1 is 1.21 bits per heavy atom. The van der Waals surface area contributed by atoms with Crippen LogP contribution >= 0.6 is 0 Å². The quantitative estimate of drug-likeness (QED) is 0.494. The summed E-state index contributed by atoms with van der Waals surface area (Å²) < 4.78 is 20.6. The third-order valence-corrected chi connectivity index (χ3v) is 6.55. The first-order valence-corrected chi connectivity index (χ1v) is 11.4. The third-order valence-electron chi connectivity index (χ3n) is 6.55. The molecule has 3 heterocycles. The zero-order valence-electron chi connectivity index (χ0n) is 18.5. The second-order valence-corrected chi connectivity index (χ2v) is 8.83. The molecule has 1 atom stereocenters. The number of rotatable bonds is 6. The Hall–Kier alpha value is -3.44. The molecule has 2 aliphatic rings. The van der Waals surface area contributed by atoms with E-state index < -0.39 is 5.82 Å². The van der Waals surface area contributed by atoms with Crippen LogP contribution in [-0.4, -0.2) is 44.1 Å². The van der Waals surface area contributed by atoms with Crippen molar-refractivity contribution in [2.45, 2.75) is 50.9 Å². The van der Waals surface area contributed by atoms with Crippen molar-refractivity contribution < 1.29 is 13.9 Å². The van der Waals surface area contributed by atoms with E-state index in [0.29, 0.717) is 47.6 Å². The first-order chi connectivity index (χ1) is 16.5. The van der Waals surface area contributed by atoms with Gasteiger partial charge in [-0.25, -0.2) is 19.3 Å². The molecule has 1 amide bonds. The maximum atomic E-state index is 13.8. The first kappa shape index (κ1) is 22.4. The van der Waals surface area contributed by atoms with E-state index in [-0.39, 0.29) is 30.0 Å². The summed E-state index contributed by atoms with van der Waals surface area (Å²) in [6, 6.07) is 4.30. The fourth-order valence-corrected chi connectivity index (χ4v) is 4.67. The Morgan fingerprint density at radius 2 is 2.03 bits per heavy atom. The number of carbonyl (C=O) groups is 1. The summed E-state index contributed by atoms with van der Waals surface area (Å²) in [5.74, 6) is 1.07. The van der Waals surface area contributed by atoms with Crippen molar-refractivity contribution in [1.82, 2.24) is 24.8 Å². The molecule has 11 heteroatoms. The van der Waals surface area contributed by atoms with Gasteiger partial charge in [-0.2, -0.15) is 0 Å². The van der Waals surface area contributed by atoms with Gasteiger partial charge in [-0.15, -0.1) is 0 Å². The predicted molar refractivity (Wildman–Crippen MR) is 123 cm³/mol. The van der Waals surface area contributed by atoms with Crippen LogP contribution in [-0.2, 0) is 17.9 Å². The van der Waals surface area contributed by atoms with Gasteiger partial charge >= 0.3 is 0 Å². The van der Waals surface area contributed by atoms with Gasteiger partial charge in [0.25, 0.3) is 11.5 Å². The molecule has 1 aromatic carbocycles. The van der Waals surface area contributed by atoms with Crippen molar-refractivity contribution in [3.05, 3.63) is 52.6 Å². The fraction of sp³-hybridized carbons (Fsp3) is 0.435. The summed E-state index contributed by atoms with van der Waals surface area (Å²) in [7, 11) is 0. The van der Waals surface area contributed by atoms with Crippen LogP contribution in [0.3, 0.4) is 0 Å². The molecular weight excluding hydrogens is 441 g/mol. The van der Waals surface area contributed by atoms with Crippen molar-refractivity contribution in [1.29, 1.82) is 0 Å². The third kappa shape index (κ3) is 4.75. The number of ether oxygens (including phenoxy) is 1. The van der Waals surface area contributed by atoms with Crippen LogP contribution in [0.1, 0.15) is 31.5 Å². The monoisotopic (exact) mass is 467 g/mol. The standard InChI is InChI=1S/C23H26FN7O3/c24-14-3-6-17-18(7-14)31(22(33)10-27-17)11-16(25)13-1-4-15(5-2-13)26-9-20-28-8-19-23(29-20)30-21(32)12-34-19/h3,6-8,10,13,15-16,26H,1-2,4-5,9,11-12,25H2,(H,28,29,30,32)/t13?,15?,16-/m0/s1. The van der Waals surface area contributed by atoms with Crippen LogP contribution in [0.25, 0.3) is 11.0 Å². The predicted octanol–water partition coefficient (Wildman–Crippen LogP) is 1.33. The molecule has 5 rings (SSSR count). The summed E-state index contributed by atoms with van der Waals surface area (Å²) in [5.41, 5.74) is 7.25. The highest BCUT2D eigenvalue weighted by Crippen LogP contribution is 2.28. The van der Waals surface area contributed by atoms with Crippen molar-refractivity contribution in [3.8, 4) is 5.75 Å². The van der Waals surface area contributed by atoms with Gasteiger partial charge in [0.15, 0.2) is 18.2 Å². The Labute approximate surface area is 194 Å². The summed E-state index contributed by atoms with van der Waals surface area (Å²) in [5, 5.41) is 6.17. The van der Waals surface area contributed by atoms with E-state index in [4.69, 9.17) is 10.5 Å². The van der Waals surface area contributed by atoms with Gasteiger partial charge in [0.2, 0.25) is 0 Å². The molecule has 1 aliphatic heterocycles. The molecule has 0 unspecified atom stereocenters. The average Bonchev–Trinajstić information content (AvgIpc) is 2.84. The minimum atomic E-state index is -0.411. The van der Waals surface area contributed by atoms with Crippen LogP contribution in [0.5, 0.6) is 5.75 Å². The Morgan fingerprint density at radius 3 is 2.85 bits per heavy atom. The van der Waals surface area contributed by atoms with E-state index in [1.165, 1.54) is 22.9 Å². The number of fused-ring (bicyclic) bond motifs is 2. The van der Waals surface area contributed by atoms with E-state index in [1.807, 2.05) is 0 Å². The molecule has 178 valence electrons. The number of nitrogens with two attached hydrogens (primary N) is 1.